The second kappa shape index (κ2) is 6.77. The van der Waals surface area contributed by atoms with Gasteiger partial charge in [-0.1, -0.05) is 18.2 Å². The van der Waals surface area contributed by atoms with Gasteiger partial charge in [0, 0.05) is 6.20 Å². The minimum atomic E-state index is -3.65. The fourth-order valence-electron chi connectivity index (χ4n) is 1.77. The lowest BCUT2D eigenvalue weighted by Gasteiger charge is -1.98. The lowest BCUT2D eigenvalue weighted by Crippen LogP contribution is -2.16. The molecule has 0 aliphatic heterocycles. The Morgan fingerprint density at radius 3 is 2.71 bits per heavy atom. The molecular formula is C15H11N3O4S2. The number of amides is 1. The van der Waals surface area contributed by atoms with Crippen molar-refractivity contribution in [3.8, 4) is 0 Å². The molecule has 0 aliphatic carbocycles. The minimum Gasteiger partial charge on any atom is -0.459 e. The molecular weight excluding hydrogens is 350 g/mol. The summed E-state index contributed by atoms with van der Waals surface area (Å²) in [6.07, 6.45) is 4.08. The van der Waals surface area contributed by atoms with E-state index in [1.54, 1.807) is 24.3 Å². The summed E-state index contributed by atoms with van der Waals surface area (Å²) in [6, 6.07) is 11.1. The van der Waals surface area contributed by atoms with Crippen LogP contribution in [-0.2, 0) is 9.84 Å². The van der Waals surface area contributed by atoms with Gasteiger partial charge in [-0.3, -0.25) is 4.79 Å². The molecule has 24 heavy (non-hydrogen) atoms. The number of aromatic nitrogens is 1. The molecule has 0 atom stereocenters. The van der Waals surface area contributed by atoms with Gasteiger partial charge in [0.15, 0.2) is 5.76 Å². The van der Waals surface area contributed by atoms with E-state index < -0.39 is 15.7 Å². The van der Waals surface area contributed by atoms with Crippen molar-refractivity contribution in [1.82, 2.24) is 10.4 Å². The van der Waals surface area contributed by atoms with Crippen molar-refractivity contribution in [1.29, 1.82) is 0 Å². The molecule has 9 heteroatoms. The van der Waals surface area contributed by atoms with Crippen LogP contribution in [0.5, 0.6) is 0 Å². The van der Waals surface area contributed by atoms with Crippen LogP contribution in [0.1, 0.15) is 15.4 Å². The van der Waals surface area contributed by atoms with Gasteiger partial charge in [0.2, 0.25) is 14.2 Å². The summed E-state index contributed by atoms with van der Waals surface area (Å²) in [5.41, 5.74) is 2.28. The van der Waals surface area contributed by atoms with E-state index in [1.807, 2.05) is 0 Å². The first-order valence-corrected chi connectivity index (χ1v) is 9.00. The third kappa shape index (κ3) is 3.42. The highest BCUT2D eigenvalue weighted by molar-refractivity contribution is 7.93. The van der Waals surface area contributed by atoms with Gasteiger partial charge in [-0.2, -0.15) is 5.10 Å². The monoisotopic (exact) mass is 361 g/mol. The molecule has 7 nitrogen and oxygen atoms in total. The van der Waals surface area contributed by atoms with Crippen molar-refractivity contribution in [2.45, 2.75) is 9.24 Å². The Morgan fingerprint density at radius 2 is 2.00 bits per heavy atom. The predicted octanol–water partition coefficient (Wildman–Crippen LogP) is 2.33. The second-order valence-electron chi connectivity index (χ2n) is 4.52. The maximum absolute atomic E-state index is 12.4. The predicted molar refractivity (Wildman–Crippen MR) is 87.8 cm³/mol. The molecule has 0 spiro atoms. The molecule has 0 saturated heterocycles. The summed E-state index contributed by atoms with van der Waals surface area (Å²) in [4.78, 5) is 16.2. The van der Waals surface area contributed by atoms with Gasteiger partial charge in [-0.25, -0.2) is 18.8 Å². The number of hydrazone groups is 1. The molecule has 122 valence electrons. The zero-order chi connectivity index (χ0) is 17.0. The first kappa shape index (κ1) is 16.1. The van der Waals surface area contributed by atoms with Gasteiger partial charge < -0.3 is 4.42 Å². The normalized spacial score (nSPS) is 11.7. The van der Waals surface area contributed by atoms with Gasteiger partial charge in [-0.15, -0.1) is 11.3 Å². The molecule has 1 amide bonds. The lowest BCUT2D eigenvalue weighted by atomic mass is 10.4. The lowest BCUT2D eigenvalue weighted by molar-refractivity contribution is 0.0927. The first-order valence-electron chi connectivity index (χ1n) is 6.70. The van der Waals surface area contributed by atoms with Gasteiger partial charge >= 0.3 is 5.91 Å². The van der Waals surface area contributed by atoms with E-state index in [0.29, 0.717) is 4.88 Å². The van der Waals surface area contributed by atoms with Gasteiger partial charge in [0.05, 0.1) is 22.3 Å². The number of thiazole rings is 1. The summed E-state index contributed by atoms with van der Waals surface area (Å²) >= 11 is 0.961. The zero-order valence-electron chi connectivity index (χ0n) is 12.1. The maximum Gasteiger partial charge on any atom is 0.307 e. The summed E-state index contributed by atoms with van der Waals surface area (Å²) < 4.78 is 29.7. The molecule has 0 fully saturated rings. The number of benzene rings is 1. The summed E-state index contributed by atoms with van der Waals surface area (Å²) in [6.45, 7) is 0. The molecule has 3 aromatic rings. The largest absolute Gasteiger partial charge is 0.459 e. The number of carbonyl (C=O) groups is 1. The Kier molecular flexibility index (Phi) is 4.54. The molecule has 2 aromatic heterocycles. The molecule has 1 aromatic carbocycles. The third-order valence-corrected chi connectivity index (χ3v) is 5.98. The molecule has 0 bridgehead atoms. The Balaban J connectivity index is 1.72. The highest BCUT2D eigenvalue weighted by atomic mass is 32.2. The fraction of sp³-hybridized carbons (Fsp3) is 0. The third-order valence-electron chi connectivity index (χ3n) is 2.89. The van der Waals surface area contributed by atoms with E-state index in [0.717, 1.165) is 11.3 Å². The zero-order valence-corrected chi connectivity index (χ0v) is 13.8. The van der Waals surface area contributed by atoms with E-state index in [2.05, 4.69) is 15.5 Å². The molecule has 0 unspecified atom stereocenters. The standard InChI is InChI=1S/C15H11N3O4S2/c19-14(13-7-4-8-22-13)18-17-10-11-9-16-15(23-11)24(20,21)12-5-2-1-3-6-12/h1-10H,(H,18,19)/b17-10-. The summed E-state index contributed by atoms with van der Waals surface area (Å²) in [7, 11) is -3.65. The van der Waals surface area contributed by atoms with Crippen molar-refractivity contribution in [3.63, 3.8) is 0 Å². The van der Waals surface area contributed by atoms with E-state index in [4.69, 9.17) is 4.42 Å². The van der Waals surface area contributed by atoms with Crippen LogP contribution in [0.15, 0.2) is 73.7 Å². The Morgan fingerprint density at radius 1 is 1.21 bits per heavy atom. The van der Waals surface area contributed by atoms with Crippen LogP contribution in [0.4, 0.5) is 0 Å². The molecule has 0 saturated carbocycles. The number of nitrogens with one attached hydrogen (secondary N) is 1. The van der Waals surface area contributed by atoms with Crippen LogP contribution in [0.25, 0.3) is 0 Å². The van der Waals surface area contributed by atoms with Crippen LogP contribution in [0.2, 0.25) is 0 Å². The Labute approximate surface area is 141 Å². The van der Waals surface area contributed by atoms with Crippen LogP contribution in [0, 0.1) is 0 Å². The van der Waals surface area contributed by atoms with E-state index in [1.165, 1.54) is 36.9 Å². The van der Waals surface area contributed by atoms with Crippen LogP contribution in [-0.4, -0.2) is 25.5 Å². The quantitative estimate of drug-likeness (QED) is 0.555. The van der Waals surface area contributed by atoms with Crippen molar-refractivity contribution in [2.75, 3.05) is 0 Å². The first-order chi connectivity index (χ1) is 11.6. The summed E-state index contributed by atoms with van der Waals surface area (Å²) in [5, 5.41) is 3.76. The average molecular weight is 361 g/mol. The molecule has 3 rings (SSSR count). The smallest absolute Gasteiger partial charge is 0.307 e. The number of nitrogens with zero attached hydrogens (tertiary/aromatic N) is 2. The van der Waals surface area contributed by atoms with Gasteiger partial charge in [-0.05, 0) is 24.3 Å². The average Bonchev–Trinajstić information content (AvgIpc) is 3.28. The number of carbonyl (C=O) groups excluding carboxylic acids is 1. The van der Waals surface area contributed by atoms with Gasteiger partial charge in [0.1, 0.15) is 0 Å². The summed E-state index contributed by atoms with van der Waals surface area (Å²) in [5.74, 6) is -0.373. The number of hydrogen-bond acceptors (Lipinski definition) is 7. The molecule has 1 N–H and O–H groups in total. The van der Waals surface area contributed by atoms with Crippen LogP contribution in [0.3, 0.4) is 0 Å². The molecule has 0 aliphatic rings. The van der Waals surface area contributed by atoms with Crippen molar-refractivity contribution < 1.29 is 17.6 Å². The highest BCUT2D eigenvalue weighted by Crippen LogP contribution is 2.24. The Hall–Kier alpha value is -2.78. The van der Waals surface area contributed by atoms with Crippen LogP contribution >= 0.6 is 11.3 Å². The highest BCUT2D eigenvalue weighted by Gasteiger charge is 2.21. The van der Waals surface area contributed by atoms with Gasteiger partial charge in [0.25, 0.3) is 0 Å². The number of hydrogen-bond donors (Lipinski definition) is 1. The second-order valence-corrected chi connectivity index (χ2v) is 7.71. The molecule has 0 radical (unpaired) electrons. The van der Waals surface area contributed by atoms with E-state index in [9.17, 15) is 13.2 Å². The number of rotatable bonds is 5. The fourth-order valence-corrected chi connectivity index (χ4v) is 4.21. The maximum atomic E-state index is 12.4. The van der Waals surface area contributed by atoms with Crippen molar-refractivity contribution in [3.05, 3.63) is 65.6 Å². The van der Waals surface area contributed by atoms with Crippen molar-refractivity contribution >= 4 is 33.3 Å². The van der Waals surface area contributed by atoms with E-state index >= 15 is 0 Å². The van der Waals surface area contributed by atoms with E-state index in [-0.39, 0.29) is 15.0 Å². The van der Waals surface area contributed by atoms with Crippen molar-refractivity contribution in [2.24, 2.45) is 5.10 Å². The minimum absolute atomic E-state index is 0.0347. The number of furan rings is 1. The number of sulfone groups is 1. The Bertz CT molecular complexity index is 961. The molecule has 2 heterocycles. The SMILES string of the molecule is O=C(N/N=C\c1cnc(S(=O)(=O)c2ccccc2)s1)c1ccco1. The van der Waals surface area contributed by atoms with Crippen LogP contribution < -0.4 is 5.43 Å². The topological polar surface area (TPSA) is 102 Å².